The summed E-state index contributed by atoms with van der Waals surface area (Å²) in [6.07, 6.45) is 0. The number of benzene rings is 1. The summed E-state index contributed by atoms with van der Waals surface area (Å²) in [7, 11) is 0. The molecular weight excluding hydrogens is 209 g/mol. The van der Waals surface area contributed by atoms with E-state index >= 15 is 0 Å². The summed E-state index contributed by atoms with van der Waals surface area (Å²) < 4.78 is 0. The van der Waals surface area contributed by atoms with Gasteiger partial charge in [0.1, 0.15) is 6.61 Å². The van der Waals surface area contributed by atoms with Gasteiger partial charge in [0.05, 0.1) is 5.69 Å². The summed E-state index contributed by atoms with van der Waals surface area (Å²) in [5, 5.41) is 1.09. The Morgan fingerprint density at radius 2 is 2.31 bits per heavy atom. The first kappa shape index (κ1) is 10.4. The second kappa shape index (κ2) is 5.12. The summed E-state index contributed by atoms with van der Waals surface area (Å²) >= 11 is 11.2. The van der Waals surface area contributed by atoms with Crippen LogP contribution in [0, 0.1) is 0 Å². The predicted octanol–water partition coefficient (Wildman–Crippen LogP) is 3.44. The fraction of sp³-hybridized carbons (Fsp3) is 0.111. The van der Waals surface area contributed by atoms with Crippen molar-refractivity contribution < 1.29 is 4.84 Å². The third kappa shape index (κ3) is 4.18. The van der Waals surface area contributed by atoms with E-state index in [0.717, 1.165) is 5.69 Å². The third-order valence-electron chi connectivity index (χ3n) is 1.24. The van der Waals surface area contributed by atoms with Crippen LogP contribution in [0.3, 0.4) is 0 Å². The van der Waals surface area contributed by atoms with Crippen LogP contribution in [0.1, 0.15) is 0 Å². The van der Waals surface area contributed by atoms with E-state index in [1.807, 2.05) is 12.1 Å². The van der Waals surface area contributed by atoms with Gasteiger partial charge in [-0.25, -0.2) is 0 Å². The Hall–Kier alpha value is -0.700. The molecule has 0 aromatic heterocycles. The maximum absolute atomic E-state index is 5.75. The maximum atomic E-state index is 5.75. The molecule has 0 heterocycles. The lowest BCUT2D eigenvalue weighted by Gasteiger charge is -2.05. The first-order valence-electron chi connectivity index (χ1n) is 3.65. The van der Waals surface area contributed by atoms with E-state index in [1.54, 1.807) is 12.1 Å². The molecule has 70 valence electrons. The largest absolute Gasteiger partial charge is 0.270 e. The molecule has 1 N–H and O–H groups in total. The molecule has 0 bridgehead atoms. The van der Waals surface area contributed by atoms with Crippen LogP contribution in [0.2, 0.25) is 5.02 Å². The molecule has 0 saturated heterocycles. The fourth-order valence-corrected chi connectivity index (χ4v) is 0.995. The molecule has 0 atom stereocenters. The fourth-order valence-electron chi connectivity index (χ4n) is 0.750. The summed E-state index contributed by atoms with van der Waals surface area (Å²) in [5.41, 5.74) is 3.47. The Morgan fingerprint density at radius 1 is 1.54 bits per heavy atom. The maximum Gasteiger partial charge on any atom is 0.110 e. The van der Waals surface area contributed by atoms with E-state index in [0.29, 0.717) is 10.1 Å². The normalized spacial score (nSPS) is 9.69. The summed E-state index contributed by atoms with van der Waals surface area (Å²) in [6, 6.07) is 7.19. The smallest absolute Gasteiger partial charge is 0.110 e. The van der Waals surface area contributed by atoms with Crippen molar-refractivity contribution in [3.63, 3.8) is 0 Å². The Morgan fingerprint density at radius 3 is 2.92 bits per heavy atom. The quantitative estimate of drug-likeness (QED) is 0.781. The highest BCUT2D eigenvalue weighted by Gasteiger charge is 1.93. The number of anilines is 1. The lowest BCUT2D eigenvalue weighted by molar-refractivity contribution is 0.225. The molecule has 2 nitrogen and oxygen atoms in total. The van der Waals surface area contributed by atoms with Gasteiger partial charge in [0.25, 0.3) is 0 Å². The topological polar surface area (TPSA) is 21.3 Å². The number of nitrogens with one attached hydrogen (secondary N) is 1. The lowest BCUT2D eigenvalue weighted by atomic mass is 10.3. The number of rotatable bonds is 4. The molecule has 0 radical (unpaired) electrons. The first-order chi connectivity index (χ1) is 6.18. The zero-order valence-corrected chi connectivity index (χ0v) is 8.40. The van der Waals surface area contributed by atoms with Crippen LogP contribution in [-0.2, 0) is 4.84 Å². The Labute approximate surface area is 87.1 Å². The van der Waals surface area contributed by atoms with Crippen LogP contribution >= 0.6 is 23.2 Å². The van der Waals surface area contributed by atoms with Crippen molar-refractivity contribution in [2.24, 2.45) is 0 Å². The van der Waals surface area contributed by atoms with Gasteiger partial charge in [-0.05, 0) is 18.2 Å². The molecular formula is C9H9Cl2NO. The molecule has 0 aliphatic heterocycles. The molecule has 1 aromatic rings. The van der Waals surface area contributed by atoms with Crippen LogP contribution in [0.5, 0.6) is 0 Å². The Kier molecular flexibility index (Phi) is 4.09. The first-order valence-corrected chi connectivity index (χ1v) is 4.41. The molecule has 13 heavy (non-hydrogen) atoms. The Balaban J connectivity index is 2.41. The van der Waals surface area contributed by atoms with Gasteiger partial charge in [-0.1, -0.05) is 35.8 Å². The van der Waals surface area contributed by atoms with Gasteiger partial charge in [0.2, 0.25) is 0 Å². The molecule has 1 rings (SSSR count). The average Bonchev–Trinajstić information content (AvgIpc) is 2.03. The van der Waals surface area contributed by atoms with Crippen molar-refractivity contribution in [3.8, 4) is 0 Å². The van der Waals surface area contributed by atoms with Gasteiger partial charge < -0.3 is 0 Å². The summed E-state index contributed by atoms with van der Waals surface area (Å²) in [6.45, 7) is 3.74. The van der Waals surface area contributed by atoms with Gasteiger partial charge in [0, 0.05) is 10.1 Å². The molecule has 0 spiro atoms. The van der Waals surface area contributed by atoms with Gasteiger partial charge >= 0.3 is 0 Å². The van der Waals surface area contributed by atoms with Gasteiger partial charge in [-0.2, -0.15) is 0 Å². The highest BCUT2D eigenvalue weighted by molar-refractivity contribution is 6.30. The van der Waals surface area contributed by atoms with E-state index < -0.39 is 0 Å². The van der Waals surface area contributed by atoms with Crippen molar-refractivity contribution in [2.45, 2.75) is 0 Å². The van der Waals surface area contributed by atoms with E-state index in [9.17, 15) is 0 Å². The number of halogens is 2. The summed E-state index contributed by atoms with van der Waals surface area (Å²) in [4.78, 5) is 5.00. The van der Waals surface area contributed by atoms with Crippen molar-refractivity contribution in [3.05, 3.63) is 40.9 Å². The lowest BCUT2D eigenvalue weighted by Crippen LogP contribution is -2.02. The van der Waals surface area contributed by atoms with Crippen LogP contribution in [0.25, 0.3) is 0 Å². The zero-order valence-electron chi connectivity index (χ0n) is 6.89. The van der Waals surface area contributed by atoms with Gasteiger partial charge in [-0.3, -0.25) is 10.3 Å². The molecule has 0 aliphatic carbocycles. The van der Waals surface area contributed by atoms with E-state index in [2.05, 4.69) is 12.1 Å². The molecule has 1 aromatic carbocycles. The highest BCUT2D eigenvalue weighted by Crippen LogP contribution is 2.14. The monoisotopic (exact) mass is 217 g/mol. The standard InChI is InChI=1S/C9H9Cl2NO/c1-7(10)6-13-12-9-4-2-3-8(11)5-9/h2-5,12H,1,6H2. The van der Waals surface area contributed by atoms with E-state index in [-0.39, 0.29) is 6.61 Å². The zero-order chi connectivity index (χ0) is 9.68. The minimum Gasteiger partial charge on any atom is -0.270 e. The number of hydrogen-bond donors (Lipinski definition) is 1. The highest BCUT2D eigenvalue weighted by atomic mass is 35.5. The molecule has 0 unspecified atom stereocenters. The Bertz CT molecular complexity index is 301. The molecule has 0 aliphatic rings. The van der Waals surface area contributed by atoms with Crippen molar-refractivity contribution in [1.82, 2.24) is 0 Å². The van der Waals surface area contributed by atoms with Crippen molar-refractivity contribution in [2.75, 3.05) is 12.1 Å². The van der Waals surface area contributed by atoms with Crippen molar-refractivity contribution in [1.29, 1.82) is 0 Å². The van der Waals surface area contributed by atoms with Crippen molar-refractivity contribution >= 4 is 28.9 Å². The average molecular weight is 218 g/mol. The summed E-state index contributed by atoms with van der Waals surface area (Å²) in [5.74, 6) is 0. The molecule has 4 heteroatoms. The molecule has 0 amide bonds. The third-order valence-corrected chi connectivity index (χ3v) is 1.59. The SMILES string of the molecule is C=C(Cl)CONc1cccc(Cl)c1. The van der Waals surface area contributed by atoms with Gasteiger partial charge in [0.15, 0.2) is 0 Å². The predicted molar refractivity (Wildman–Crippen MR) is 56.0 cm³/mol. The van der Waals surface area contributed by atoms with E-state index in [4.69, 9.17) is 28.0 Å². The second-order valence-corrected chi connectivity index (χ2v) is 3.39. The van der Waals surface area contributed by atoms with Crippen LogP contribution in [-0.4, -0.2) is 6.61 Å². The molecule has 0 fully saturated rings. The number of hydrogen-bond acceptors (Lipinski definition) is 2. The van der Waals surface area contributed by atoms with Crippen LogP contribution in [0.15, 0.2) is 35.9 Å². The van der Waals surface area contributed by atoms with Gasteiger partial charge in [-0.15, -0.1) is 0 Å². The van der Waals surface area contributed by atoms with E-state index in [1.165, 1.54) is 0 Å². The van der Waals surface area contributed by atoms with Crippen LogP contribution < -0.4 is 5.48 Å². The second-order valence-electron chi connectivity index (χ2n) is 2.42. The minimum atomic E-state index is 0.258. The molecule has 0 saturated carbocycles. The minimum absolute atomic E-state index is 0.258. The van der Waals surface area contributed by atoms with Crippen LogP contribution in [0.4, 0.5) is 5.69 Å².